The Morgan fingerprint density at radius 2 is 2.18 bits per heavy atom. The Balaban J connectivity index is 2.18. The number of halogens is 2. The second-order valence-corrected chi connectivity index (χ2v) is 4.28. The van der Waals surface area contributed by atoms with Gasteiger partial charge in [0.1, 0.15) is 10.8 Å². The number of rotatable bonds is 2. The van der Waals surface area contributed by atoms with Gasteiger partial charge in [0, 0.05) is 6.20 Å². The number of carbonyl (C=O) groups excluding carboxylic acids is 1. The fraction of sp³-hybridized carbons (Fsp3) is 0.0909. The Hall–Kier alpha value is -1.52. The highest BCUT2D eigenvalue weighted by atomic mass is 35.5. The van der Waals surface area contributed by atoms with Crippen LogP contribution in [0.15, 0.2) is 24.4 Å². The maximum atomic E-state index is 11.8. The molecule has 2 aromatic heterocycles. The summed E-state index contributed by atoms with van der Waals surface area (Å²) in [6.45, 7) is 1.77. The second kappa shape index (κ2) is 4.77. The van der Waals surface area contributed by atoms with Crippen LogP contribution in [0.1, 0.15) is 16.2 Å². The second-order valence-electron chi connectivity index (χ2n) is 3.45. The van der Waals surface area contributed by atoms with Crippen LogP contribution in [0.2, 0.25) is 10.2 Å². The highest BCUT2D eigenvalue weighted by Crippen LogP contribution is 2.17. The number of nitrogens with one attached hydrogen (secondary N) is 2. The first kappa shape index (κ1) is 12.0. The lowest BCUT2D eigenvalue weighted by molar-refractivity contribution is 0.102. The number of anilines is 1. The van der Waals surface area contributed by atoms with Gasteiger partial charge in [0.15, 0.2) is 0 Å². The highest BCUT2D eigenvalue weighted by molar-refractivity contribution is 6.31. The van der Waals surface area contributed by atoms with Crippen LogP contribution in [0.5, 0.6) is 0 Å². The largest absolute Gasteiger partial charge is 0.356 e. The predicted octanol–water partition coefficient (Wildman–Crippen LogP) is 3.28. The van der Waals surface area contributed by atoms with Crippen molar-refractivity contribution in [2.24, 2.45) is 0 Å². The molecule has 17 heavy (non-hydrogen) atoms. The lowest BCUT2D eigenvalue weighted by atomic mass is 10.3. The molecule has 0 aliphatic carbocycles. The van der Waals surface area contributed by atoms with Crippen molar-refractivity contribution in [1.29, 1.82) is 0 Å². The Morgan fingerprint density at radius 1 is 1.41 bits per heavy atom. The van der Waals surface area contributed by atoms with Gasteiger partial charge in [-0.25, -0.2) is 4.98 Å². The fourth-order valence-electron chi connectivity index (χ4n) is 1.35. The van der Waals surface area contributed by atoms with Gasteiger partial charge >= 0.3 is 0 Å². The molecule has 2 heterocycles. The van der Waals surface area contributed by atoms with Gasteiger partial charge in [0.05, 0.1) is 16.4 Å². The van der Waals surface area contributed by atoms with Crippen LogP contribution < -0.4 is 5.32 Å². The van der Waals surface area contributed by atoms with Crippen molar-refractivity contribution < 1.29 is 4.79 Å². The number of aromatic amines is 1. The number of hydrogen-bond donors (Lipinski definition) is 2. The smallest absolute Gasteiger partial charge is 0.272 e. The molecule has 6 heteroatoms. The fourth-order valence-corrected chi connectivity index (χ4v) is 1.70. The standard InChI is InChI=1S/C11H9Cl2N3O/c1-6-8(2-3-10(13)15-6)16-11(17)9-4-7(12)5-14-9/h2-5,14H,1H3,(H,16,17). The molecule has 0 saturated carbocycles. The average molecular weight is 270 g/mol. The first-order chi connectivity index (χ1) is 8.06. The van der Waals surface area contributed by atoms with E-state index in [9.17, 15) is 4.79 Å². The summed E-state index contributed by atoms with van der Waals surface area (Å²) in [5, 5.41) is 3.60. The van der Waals surface area contributed by atoms with E-state index < -0.39 is 0 Å². The van der Waals surface area contributed by atoms with Gasteiger partial charge in [-0.15, -0.1) is 0 Å². The molecular formula is C11H9Cl2N3O. The molecule has 0 aliphatic heterocycles. The molecule has 0 unspecified atom stereocenters. The molecule has 2 aromatic rings. The van der Waals surface area contributed by atoms with Crippen molar-refractivity contribution in [2.45, 2.75) is 6.92 Å². The van der Waals surface area contributed by atoms with Gasteiger partial charge in [-0.3, -0.25) is 4.79 Å². The van der Waals surface area contributed by atoms with Crippen LogP contribution in [-0.4, -0.2) is 15.9 Å². The molecule has 4 nitrogen and oxygen atoms in total. The summed E-state index contributed by atoms with van der Waals surface area (Å²) in [5.74, 6) is -0.274. The number of pyridine rings is 1. The molecular weight excluding hydrogens is 261 g/mol. The molecule has 2 N–H and O–H groups in total. The quantitative estimate of drug-likeness (QED) is 0.823. The molecule has 88 valence electrons. The number of nitrogens with zero attached hydrogens (tertiary/aromatic N) is 1. The van der Waals surface area contributed by atoms with Crippen molar-refractivity contribution in [3.05, 3.63) is 46.0 Å². The van der Waals surface area contributed by atoms with Crippen LogP contribution in [-0.2, 0) is 0 Å². The third-order valence-corrected chi connectivity index (χ3v) is 2.62. The van der Waals surface area contributed by atoms with E-state index in [1.165, 1.54) is 0 Å². The van der Waals surface area contributed by atoms with E-state index in [1.807, 2.05) is 0 Å². The number of aryl methyl sites for hydroxylation is 1. The van der Waals surface area contributed by atoms with E-state index in [4.69, 9.17) is 23.2 Å². The molecule has 2 rings (SSSR count). The van der Waals surface area contributed by atoms with E-state index in [-0.39, 0.29) is 5.91 Å². The minimum atomic E-state index is -0.274. The van der Waals surface area contributed by atoms with Crippen molar-refractivity contribution >= 4 is 34.8 Å². The Morgan fingerprint density at radius 3 is 2.76 bits per heavy atom. The number of hydrogen-bond acceptors (Lipinski definition) is 2. The Labute approximate surface area is 108 Å². The lowest BCUT2D eigenvalue weighted by Gasteiger charge is -2.06. The topological polar surface area (TPSA) is 57.8 Å². The predicted molar refractivity (Wildman–Crippen MR) is 67.7 cm³/mol. The number of carbonyl (C=O) groups is 1. The summed E-state index contributed by atoms with van der Waals surface area (Å²) in [6, 6.07) is 4.87. The SMILES string of the molecule is Cc1nc(Cl)ccc1NC(=O)c1cc(Cl)c[nH]1. The number of H-pyrrole nitrogens is 1. The third-order valence-electron chi connectivity index (χ3n) is 2.19. The highest BCUT2D eigenvalue weighted by Gasteiger charge is 2.10. The van der Waals surface area contributed by atoms with Crippen molar-refractivity contribution in [3.63, 3.8) is 0 Å². The number of aromatic nitrogens is 2. The molecule has 0 atom stereocenters. The monoisotopic (exact) mass is 269 g/mol. The van der Waals surface area contributed by atoms with Crippen LogP contribution in [0.4, 0.5) is 5.69 Å². The zero-order valence-electron chi connectivity index (χ0n) is 8.92. The minimum Gasteiger partial charge on any atom is -0.356 e. The van der Waals surface area contributed by atoms with E-state index in [0.717, 1.165) is 0 Å². The molecule has 1 amide bonds. The first-order valence-electron chi connectivity index (χ1n) is 4.84. The van der Waals surface area contributed by atoms with Gasteiger partial charge in [-0.05, 0) is 25.1 Å². The molecule has 0 fully saturated rings. The number of amides is 1. The molecule has 0 spiro atoms. The minimum absolute atomic E-state index is 0.274. The Bertz CT molecular complexity index is 566. The zero-order valence-corrected chi connectivity index (χ0v) is 10.4. The van der Waals surface area contributed by atoms with Gasteiger partial charge in [0.25, 0.3) is 5.91 Å². The summed E-state index contributed by atoms with van der Waals surface area (Å²) in [7, 11) is 0. The van der Waals surface area contributed by atoms with Crippen molar-refractivity contribution in [3.8, 4) is 0 Å². The summed E-state index contributed by atoms with van der Waals surface area (Å²) >= 11 is 11.4. The molecule has 0 aliphatic rings. The van der Waals surface area contributed by atoms with Gasteiger partial charge in [-0.2, -0.15) is 0 Å². The van der Waals surface area contributed by atoms with Crippen LogP contribution in [0.25, 0.3) is 0 Å². The van der Waals surface area contributed by atoms with Crippen molar-refractivity contribution in [2.75, 3.05) is 5.32 Å². The third kappa shape index (κ3) is 2.78. The maximum Gasteiger partial charge on any atom is 0.272 e. The normalized spacial score (nSPS) is 10.3. The van der Waals surface area contributed by atoms with E-state index in [2.05, 4.69) is 15.3 Å². The van der Waals surface area contributed by atoms with Gasteiger partial charge in [-0.1, -0.05) is 23.2 Å². The van der Waals surface area contributed by atoms with E-state index in [0.29, 0.717) is 27.3 Å². The molecule has 0 aromatic carbocycles. The molecule has 0 radical (unpaired) electrons. The van der Waals surface area contributed by atoms with Crippen LogP contribution in [0.3, 0.4) is 0 Å². The Kier molecular flexibility index (Phi) is 3.36. The summed E-state index contributed by atoms with van der Waals surface area (Å²) in [4.78, 5) is 18.6. The first-order valence-corrected chi connectivity index (χ1v) is 5.60. The van der Waals surface area contributed by atoms with Gasteiger partial charge < -0.3 is 10.3 Å². The van der Waals surface area contributed by atoms with Crippen LogP contribution >= 0.6 is 23.2 Å². The van der Waals surface area contributed by atoms with E-state index in [1.54, 1.807) is 31.3 Å². The summed E-state index contributed by atoms with van der Waals surface area (Å²) < 4.78 is 0. The average Bonchev–Trinajstić information content (AvgIpc) is 2.69. The molecule has 0 bridgehead atoms. The summed E-state index contributed by atoms with van der Waals surface area (Å²) in [5.41, 5.74) is 1.66. The van der Waals surface area contributed by atoms with Gasteiger partial charge in [0.2, 0.25) is 0 Å². The summed E-state index contributed by atoms with van der Waals surface area (Å²) in [6.07, 6.45) is 1.55. The maximum absolute atomic E-state index is 11.8. The molecule has 0 saturated heterocycles. The van der Waals surface area contributed by atoms with Crippen LogP contribution in [0, 0.1) is 6.92 Å². The van der Waals surface area contributed by atoms with E-state index >= 15 is 0 Å². The zero-order chi connectivity index (χ0) is 12.4. The lowest BCUT2D eigenvalue weighted by Crippen LogP contribution is -2.13. The van der Waals surface area contributed by atoms with Crippen molar-refractivity contribution in [1.82, 2.24) is 9.97 Å².